The zero-order valence-electron chi connectivity index (χ0n) is 2.70. The van der Waals surface area contributed by atoms with E-state index in [0.29, 0.717) is 6.42 Å². The van der Waals surface area contributed by atoms with Gasteiger partial charge < -0.3 is 0 Å². The molecule has 0 saturated heterocycles. The molecule has 0 spiro atoms. The van der Waals surface area contributed by atoms with Crippen LogP contribution in [0.1, 0.15) is 6.42 Å². The summed E-state index contributed by atoms with van der Waals surface area (Å²) in [5.74, 6) is 0. The van der Waals surface area contributed by atoms with Crippen molar-refractivity contribution >= 4 is 28.9 Å². The molecule has 2 heteroatoms. The molecular weight excluding hydrogens is 179 g/mol. The van der Waals surface area contributed by atoms with Crippen LogP contribution in [0, 0.1) is 0 Å². The Morgan fingerprint density at radius 2 is 2.40 bits per heavy atom. The average molecular weight is 183 g/mol. The minimum atomic E-state index is 0.570. The molecule has 0 amide bonds. The van der Waals surface area contributed by atoms with Gasteiger partial charge in [0.1, 0.15) is 0 Å². The van der Waals surface area contributed by atoms with E-state index in [1.54, 1.807) is 6.29 Å². The molecule has 29 valence electrons. The summed E-state index contributed by atoms with van der Waals surface area (Å²) in [4.78, 5) is 9.28. The van der Waals surface area contributed by atoms with Crippen molar-refractivity contribution in [2.75, 3.05) is 4.43 Å². The first-order valence-corrected chi connectivity index (χ1v) is 2.85. The Morgan fingerprint density at radius 3 is 2.40 bits per heavy atom. The minimum absolute atomic E-state index is 0.570. The van der Waals surface area contributed by atoms with Crippen LogP contribution in [0.25, 0.3) is 0 Å². The zero-order chi connectivity index (χ0) is 4.12. The molecular formula is C3H4IO. The van der Waals surface area contributed by atoms with Crippen molar-refractivity contribution in [3.05, 3.63) is 0 Å². The van der Waals surface area contributed by atoms with E-state index in [2.05, 4.69) is 22.6 Å². The smallest absolute Gasteiger partial charge is 0.199 e. The van der Waals surface area contributed by atoms with E-state index in [0.717, 1.165) is 4.43 Å². The Kier molecular flexibility index (Phi) is 4.75. The summed E-state index contributed by atoms with van der Waals surface area (Å²) in [7, 11) is 0. The first-order valence-electron chi connectivity index (χ1n) is 1.32. The summed E-state index contributed by atoms with van der Waals surface area (Å²) in [6.45, 7) is 0. The number of alkyl halides is 1. The molecule has 0 aromatic carbocycles. The molecule has 0 aromatic rings. The molecule has 0 N–H and O–H groups in total. The highest BCUT2D eigenvalue weighted by Crippen LogP contribution is 1.80. The number of halogens is 1. The lowest BCUT2D eigenvalue weighted by atomic mass is 10.6. The Bertz CT molecular complexity index is 28.1. The van der Waals surface area contributed by atoms with E-state index in [1.807, 2.05) is 0 Å². The summed E-state index contributed by atoms with van der Waals surface area (Å²) in [5, 5.41) is 0. The van der Waals surface area contributed by atoms with Gasteiger partial charge in [-0.1, -0.05) is 22.6 Å². The molecule has 0 saturated carbocycles. The number of hydrogen-bond acceptors (Lipinski definition) is 1. The van der Waals surface area contributed by atoms with E-state index in [-0.39, 0.29) is 0 Å². The molecule has 0 atom stereocenters. The van der Waals surface area contributed by atoms with Gasteiger partial charge in [-0.05, 0) is 0 Å². The van der Waals surface area contributed by atoms with Crippen LogP contribution >= 0.6 is 22.6 Å². The van der Waals surface area contributed by atoms with E-state index < -0.39 is 0 Å². The Balaban J connectivity index is 2.40. The third-order valence-electron chi connectivity index (χ3n) is 0.197. The van der Waals surface area contributed by atoms with Crippen LogP contribution in [-0.4, -0.2) is 10.7 Å². The normalized spacial score (nSPS) is 7.40. The van der Waals surface area contributed by atoms with Gasteiger partial charge >= 0.3 is 0 Å². The van der Waals surface area contributed by atoms with Crippen LogP contribution < -0.4 is 0 Å². The van der Waals surface area contributed by atoms with Gasteiger partial charge in [0.2, 0.25) is 0 Å². The van der Waals surface area contributed by atoms with Crippen molar-refractivity contribution in [1.29, 1.82) is 0 Å². The fraction of sp³-hybridized carbons (Fsp3) is 0.667. The van der Waals surface area contributed by atoms with Crippen LogP contribution in [0.2, 0.25) is 0 Å². The molecule has 0 unspecified atom stereocenters. The third kappa shape index (κ3) is 4.40. The van der Waals surface area contributed by atoms with Gasteiger partial charge in [0, 0.05) is 10.8 Å². The van der Waals surface area contributed by atoms with Crippen LogP contribution in [0.3, 0.4) is 0 Å². The molecule has 0 aliphatic heterocycles. The highest BCUT2D eigenvalue weighted by atomic mass is 127. The maximum absolute atomic E-state index is 9.28. The lowest BCUT2D eigenvalue weighted by Gasteiger charge is -1.64. The third-order valence-corrected chi connectivity index (χ3v) is 0.736. The lowest BCUT2D eigenvalue weighted by molar-refractivity contribution is 0.554. The van der Waals surface area contributed by atoms with Gasteiger partial charge in [-0.15, -0.1) is 0 Å². The Hall–Kier alpha value is 0.400. The van der Waals surface area contributed by atoms with Crippen LogP contribution in [-0.2, 0) is 4.79 Å². The number of hydrogen-bond donors (Lipinski definition) is 0. The van der Waals surface area contributed by atoms with E-state index in [9.17, 15) is 4.79 Å². The van der Waals surface area contributed by atoms with Gasteiger partial charge in [-0.2, -0.15) is 0 Å². The quantitative estimate of drug-likeness (QED) is 0.459. The predicted octanol–water partition coefficient (Wildman–Crippen LogP) is 0.921. The number of rotatable bonds is 2. The monoisotopic (exact) mass is 183 g/mol. The first-order chi connectivity index (χ1) is 2.41. The van der Waals surface area contributed by atoms with E-state index in [1.165, 1.54) is 0 Å². The molecule has 0 fully saturated rings. The predicted molar refractivity (Wildman–Crippen MR) is 29.2 cm³/mol. The summed E-state index contributed by atoms with van der Waals surface area (Å²) in [5.41, 5.74) is 0. The van der Waals surface area contributed by atoms with Crippen molar-refractivity contribution in [2.24, 2.45) is 0 Å². The van der Waals surface area contributed by atoms with Crippen LogP contribution in [0.5, 0.6) is 0 Å². The minimum Gasteiger partial charge on any atom is -0.291 e. The second kappa shape index (κ2) is 4.40. The Morgan fingerprint density at radius 1 is 1.80 bits per heavy atom. The fourth-order valence-electron chi connectivity index (χ4n) is 0.0386. The van der Waals surface area contributed by atoms with Gasteiger partial charge in [-0.3, -0.25) is 4.79 Å². The van der Waals surface area contributed by atoms with Crippen LogP contribution in [0.4, 0.5) is 0 Å². The topological polar surface area (TPSA) is 17.1 Å². The van der Waals surface area contributed by atoms with Crippen molar-refractivity contribution in [1.82, 2.24) is 0 Å². The molecule has 0 bridgehead atoms. The maximum Gasteiger partial charge on any atom is 0.199 e. The highest BCUT2D eigenvalue weighted by molar-refractivity contribution is 14.1. The van der Waals surface area contributed by atoms with Gasteiger partial charge in [0.15, 0.2) is 6.29 Å². The van der Waals surface area contributed by atoms with E-state index >= 15 is 0 Å². The average Bonchev–Trinajstić information content (AvgIpc) is 1.41. The van der Waals surface area contributed by atoms with Crippen molar-refractivity contribution < 1.29 is 4.79 Å². The molecule has 5 heavy (non-hydrogen) atoms. The fourth-order valence-corrected chi connectivity index (χ4v) is 0.259. The van der Waals surface area contributed by atoms with Gasteiger partial charge in [0.25, 0.3) is 0 Å². The van der Waals surface area contributed by atoms with Crippen LogP contribution in [0.15, 0.2) is 0 Å². The van der Waals surface area contributed by atoms with Crippen molar-refractivity contribution in [3.8, 4) is 0 Å². The summed E-state index contributed by atoms with van der Waals surface area (Å²) in [6.07, 6.45) is 2.33. The van der Waals surface area contributed by atoms with Gasteiger partial charge in [0.05, 0.1) is 0 Å². The second-order valence-electron chi connectivity index (χ2n) is 0.583. The molecule has 0 rings (SSSR count). The van der Waals surface area contributed by atoms with Crippen molar-refractivity contribution in [2.45, 2.75) is 6.42 Å². The van der Waals surface area contributed by atoms with Crippen molar-refractivity contribution in [3.63, 3.8) is 0 Å². The summed E-state index contributed by atoms with van der Waals surface area (Å²) < 4.78 is 0.890. The molecule has 0 aliphatic carbocycles. The molecule has 1 nitrogen and oxygen atoms in total. The largest absolute Gasteiger partial charge is 0.291 e. The summed E-state index contributed by atoms with van der Waals surface area (Å²) in [6, 6.07) is 0. The highest BCUT2D eigenvalue weighted by Gasteiger charge is 1.70. The SMILES string of the molecule is O=[C]CCI. The molecule has 0 aliphatic rings. The summed E-state index contributed by atoms with van der Waals surface area (Å²) >= 11 is 2.12. The van der Waals surface area contributed by atoms with Gasteiger partial charge in [-0.25, -0.2) is 0 Å². The Labute approximate surface area is 44.9 Å². The van der Waals surface area contributed by atoms with E-state index in [4.69, 9.17) is 0 Å². The molecule has 1 radical (unpaired) electrons. The zero-order valence-corrected chi connectivity index (χ0v) is 4.86. The maximum atomic E-state index is 9.28. The molecule has 0 aromatic heterocycles. The number of carbonyl (C=O) groups excluding carboxylic acids is 1. The first kappa shape index (κ1) is 5.40. The standard InChI is InChI=1S/C3H4IO/c4-2-1-3-5/h1-2H2. The molecule has 0 heterocycles. The lowest BCUT2D eigenvalue weighted by Crippen LogP contribution is -1.69. The second-order valence-corrected chi connectivity index (χ2v) is 1.66.